The number of carbonyl (C=O) groups is 1. The molecule has 0 aliphatic carbocycles. The van der Waals surface area contributed by atoms with Gasteiger partial charge in [-0.15, -0.1) is 0 Å². The van der Waals surface area contributed by atoms with E-state index in [0.29, 0.717) is 17.8 Å². The first-order valence-corrected chi connectivity index (χ1v) is 5.66. The molecule has 2 amide bonds. The van der Waals surface area contributed by atoms with Gasteiger partial charge < -0.3 is 15.3 Å². The van der Waals surface area contributed by atoms with Crippen molar-refractivity contribution in [1.29, 1.82) is 0 Å². The molecule has 0 saturated carbocycles. The molecule has 19 heavy (non-hydrogen) atoms. The van der Waals surface area contributed by atoms with Crippen LogP contribution in [0.25, 0.3) is 0 Å². The summed E-state index contributed by atoms with van der Waals surface area (Å²) < 4.78 is 36.7. The van der Waals surface area contributed by atoms with Crippen LogP contribution in [0.2, 0.25) is 0 Å². The minimum Gasteiger partial charge on any atom is -0.388 e. The topological polar surface area (TPSA) is 52.6 Å². The maximum Gasteiger partial charge on any atom is 0.391 e. The lowest BCUT2D eigenvalue weighted by Gasteiger charge is -2.27. The van der Waals surface area contributed by atoms with Gasteiger partial charge in [-0.3, -0.25) is 0 Å². The Labute approximate surface area is 107 Å². The van der Waals surface area contributed by atoms with E-state index in [4.69, 9.17) is 0 Å². The molecule has 0 aromatic heterocycles. The first-order chi connectivity index (χ1) is 8.76. The highest BCUT2D eigenvalue weighted by molar-refractivity contribution is 5.92. The zero-order valence-corrected chi connectivity index (χ0v) is 10.2. The van der Waals surface area contributed by atoms with Crippen LogP contribution in [0.3, 0.4) is 0 Å². The summed E-state index contributed by atoms with van der Waals surface area (Å²) in [4.78, 5) is 12.8. The van der Waals surface area contributed by atoms with Crippen molar-refractivity contribution >= 4 is 11.7 Å². The number of hydrogen-bond donors (Lipinski definition) is 2. The van der Waals surface area contributed by atoms with Crippen LogP contribution in [0.4, 0.5) is 23.7 Å². The Morgan fingerprint density at radius 2 is 2.16 bits per heavy atom. The lowest BCUT2D eigenvalue weighted by Crippen LogP contribution is -2.35. The quantitative estimate of drug-likeness (QED) is 0.871. The first kappa shape index (κ1) is 13.7. The maximum atomic E-state index is 12.2. The van der Waals surface area contributed by atoms with Gasteiger partial charge in [0.15, 0.2) is 0 Å². The van der Waals surface area contributed by atoms with Crippen LogP contribution in [0.15, 0.2) is 18.2 Å². The van der Waals surface area contributed by atoms with Crippen molar-refractivity contribution in [2.45, 2.75) is 25.2 Å². The van der Waals surface area contributed by atoms with Crippen LogP contribution < -0.4 is 5.32 Å². The van der Waals surface area contributed by atoms with Gasteiger partial charge >= 0.3 is 12.2 Å². The number of urea groups is 1. The summed E-state index contributed by atoms with van der Waals surface area (Å²) >= 11 is 0. The first-order valence-electron chi connectivity index (χ1n) is 5.66. The molecular formula is C12H13F3N2O2. The molecule has 0 fully saturated rings. The summed E-state index contributed by atoms with van der Waals surface area (Å²) in [5.74, 6) is 0. The van der Waals surface area contributed by atoms with Gasteiger partial charge in [0.1, 0.15) is 0 Å². The number of nitrogens with zero attached hydrogens (tertiary/aromatic N) is 1. The van der Waals surface area contributed by atoms with Crippen molar-refractivity contribution in [3.05, 3.63) is 29.3 Å². The second-order valence-corrected chi connectivity index (χ2v) is 4.54. The molecule has 0 bridgehead atoms. The standard InChI is InChI=1S/C12H13F3N2O2/c1-17-6-8-4-7(10(18)5-12(13,14)15)2-3-9(8)16-11(17)19/h2-4,10,18H,5-6H2,1H3,(H,16,19). The minimum atomic E-state index is -4.42. The average molecular weight is 274 g/mol. The SMILES string of the molecule is CN1Cc2cc(C(O)CC(F)(F)F)ccc2NC1=O. The zero-order chi connectivity index (χ0) is 14.2. The molecule has 7 heteroatoms. The summed E-state index contributed by atoms with van der Waals surface area (Å²) in [6, 6.07) is 4.12. The molecule has 1 heterocycles. The van der Waals surface area contributed by atoms with E-state index in [1.54, 1.807) is 7.05 Å². The third-order valence-corrected chi connectivity index (χ3v) is 2.93. The van der Waals surface area contributed by atoms with Gasteiger partial charge in [-0.2, -0.15) is 13.2 Å². The molecule has 1 aliphatic heterocycles. The monoisotopic (exact) mass is 274 g/mol. The van der Waals surface area contributed by atoms with Crippen LogP contribution in [-0.2, 0) is 6.54 Å². The lowest BCUT2D eigenvalue weighted by molar-refractivity contribution is -0.154. The van der Waals surface area contributed by atoms with Crippen LogP contribution >= 0.6 is 0 Å². The van der Waals surface area contributed by atoms with Gasteiger partial charge in [-0.25, -0.2) is 4.79 Å². The van der Waals surface area contributed by atoms with Crippen molar-refractivity contribution in [2.24, 2.45) is 0 Å². The molecule has 2 rings (SSSR count). The third kappa shape index (κ3) is 3.17. The maximum absolute atomic E-state index is 12.2. The number of rotatable bonds is 2. The van der Waals surface area contributed by atoms with E-state index in [0.717, 1.165) is 0 Å². The van der Waals surface area contributed by atoms with Gasteiger partial charge in [0, 0.05) is 19.3 Å². The molecule has 1 aliphatic rings. The highest BCUT2D eigenvalue weighted by Gasteiger charge is 2.32. The zero-order valence-electron chi connectivity index (χ0n) is 10.2. The number of aliphatic hydroxyl groups is 1. The Bertz CT molecular complexity index is 502. The Balaban J connectivity index is 2.22. The molecular weight excluding hydrogens is 261 g/mol. The molecule has 2 N–H and O–H groups in total. The predicted molar refractivity (Wildman–Crippen MR) is 62.6 cm³/mol. The van der Waals surface area contributed by atoms with E-state index in [1.807, 2.05) is 0 Å². The summed E-state index contributed by atoms with van der Waals surface area (Å²) in [6.45, 7) is 0.299. The summed E-state index contributed by atoms with van der Waals surface area (Å²) in [6.07, 6.45) is -7.29. The number of hydrogen-bond acceptors (Lipinski definition) is 2. The van der Waals surface area contributed by atoms with Gasteiger partial charge in [0.2, 0.25) is 0 Å². The number of fused-ring (bicyclic) bond motifs is 1. The highest BCUT2D eigenvalue weighted by atomic mass is 19.4. The predicted octanol–water partition coefficient (Wildman–Crippen LogP) is 2.65. The molecule has 0 radical (unpaired) electrons. The normalized spacial score (nSPS) is 16.9. The number of anilines is 1. The molecule has 1 aromatic rings. The van der Waals surface area contributed by atoms with Crippen molar-refractivity contribution in [3.8, 4) is 0 Å². The average Bonchev–Trinajstić information content (AvgIpc) is 2.27. The summed E-state index contributed by atoms with van der Waals surface area (Å²) in [5.41, 5.74) is 1.44. The molecule has 4 nitrogen and oxygen atoms in total. The van der Waals surface area contributed by atoms with Crippen molar-refractivity contribution in [3.63, 3.8) is 0 Å². The second-order valence-electron chi connectivity index (χ2n) is 4.54. The molecule has 1 unspecified atom stereocenters. The minimum absolute atomic E-state index is 0.195. The van der Waals surface area contributed by atoms with Gasteiger partial charge in [0.05, 0.1) is 12.5 Å². The number of nitrogens with one attached hydrogen (secondary N) is 1. The number of carbonyl (C=O) groups excluding carboxylic acids is 1. The fourth-order valence-electron chi connectivity index (χ4n) is 1.95. The van der Waals surface area contributed by atoms with E-state index < -0.39 is 18.7 Å². The van der Waals surface area contributed by atoms with E-state index in [-0.39, 0.29) is 11.6 Å². The second kappa shape index (κ2) is 4.73. The highest BCUT2D eigenvalue weighted by Crippen LogP contribution is 2.32. The fraction of sp³-hybridized carbons (Fsp3) is 0.417. The Kier molecular flexibility index (Phi) is 3.40. The van der Waals surface area contributed by atoms with E-state index >= 15 is 0 Å². The van der Waals surface area contributed by atoms with Crippen LogP contribution in [-0.4, -0.2) is 29.3 Å². The van der Waals surface area contributed by atoms with Gasteiger partial charge in [-0.1, -0.05) is 6.07 Å². The molecule has 1 aromatic carbocycles. The Morgan fingerprint density at radius 1 is 1.47 bits per heavy atom. The molecule has 0 spiro atoms. The number of amides is 2. The van der Waals surface area contributed by atoms with Crippen LogP contribution in [0.1, 0.15) is 23.7 Å². The van der Waals surface area contributed by atoms with E-state index in [1.165, 1.54) is 23.1 Å². The summed E-state index contributed by atoms with van der Waals surface area (Å²) in [5, 5.41) is 12.2. The largest absolute Gasteiger partial charge is 0.391 e. The van der Waals surface area contributed by atoms with Crippen LogP contribution in [0.5, 0.6) is 0 Å². The third-order valence-electron chi connectivity index (χ3n) is 2.93. The van der Waals surface area contributed by atoms with E-state index in [9.17, 15) is 23.1 Å². The molecule has 0 saturated heterocycles. The number of alkyl halides is 3. The smallest absolute Gasteiger partial charge is 0.388 e. The Hall–Kier alpha value is -1.76. The molecule has 104 valence electrons. The number of aliphatic hydroxyl groups excluding tert-OH is 1. The van der Waals surface area contributed by atoms with Crippen molar-refractivity contribution in [2.75, 3.05) is 12.4 Å². The van der Waals surface area contributed by atoms with Gasteiger partial charge in [-0.05, 0) is 23.3 Å². The number of benzene rings is 1. The lowest BCUT2D eigenvalue weighted by atomic mass is 10.0. The molecule has 1 atom stereocenters. The fourth-order valence-corrected chi connectivity index (χ4v) is 1.95. The number of halogens is 3. The van der Waals surface area contributed by atoms with Gasteiger partial charge in [0.25, 0.3) is 0 Å². The van der Waals surface area contributed by atoms with Crippen LogP contribution in [0, 0.1) is 0 Å². The summed E-state index contributed by atoms with van der Waals surface area (Å²) in [7, 11) is 1.58. The van der Waals surface area contributed by atoms with Crippen molar-refractivity contribution in [1.82, 2.24) is 4.90 Å². The van der Waals surface area contributed by atoms with Crippen molar-refractivity contribution < 1.29 is 23.1 Å². The Morgan fingerprint density at radius 3 is 2.79 bits per heavy atom. The van der Waals surface area contributed by atoms with E-state index in [2.05, 4.69) is 5.32 Å².